The number of piperidine rings is 2. The molecule has 23 heavy (non-hydrogen) atoms. The van der Waals surface area contributed by atoms with Crippen LogP contribution in [0.25, 0.3) is 0 Å². The van der Waals surface area contributed by atoms with Gasteiger partial charge in [0.05, 0.1) is 6.10 Å². The summed E-state index contributed by atoms with van der Waals surface area (Å²) < 4.78 is 0. The Morgan fingerprint density at radius 1 is 1.17 bits per heavy atom. The first-order valence-corrected chi connectivity index (χ1v) is 9.16. The maximum Gasteiger partial charge on any atom is 0.245 e. The van der Waals surface area contributed by atoms with Crippen molar-refractivity contribution in [3.8, 4) is 0 Å². The SMILES string of the molecule is CC(C)C[C@H](C(=O)N1CCC([C@@H](C)O)CC1)N1CCCCC1=O. The van der Waals surface area contributed by atoms with Crippen LogP contribution in [0.15, 0.2) is 0 Å². The monoisotopic (exact) mass is 324 g/mol. The zero-order valence-corrected chi connectivity index (χ0v) is 14.8. The van der Waals surface area contributed by atoms with Crippen LogP contribution in [-0.4, -0.2) is 58.5 Å². The third-order valence-corrected chi connectivity index (χ3v) is 5.25. The number of carbonyl (C=O) groups excluding carboxylic acids is 2. The van der Waals surface area contributed by atoms with Crippen molar-refractivity contribution in [3.63, 3.8) is 0 Å². The Kier molecular flexibility index (Phi) is 6.45. The van der Waals surface area contributed by atoms with Crippen molar-refractivity contribution in [2.75, 3.05) is 19.6 Å². The molecule has 0 aromatic heterocycles. The maximum atomic E-state index is 13.0. The molecule has 2 amide bonds. The molecule has 132 valence electrons. The van der Waals surface area contributed by atoms with Crippen molar-refractivity contribution >= 4 is 11.8 Å². The molecule has 0 aliphatic carbocycles. The predicted octanol–water partition coefficient (Wildman–Crippen LogP) is 2.03. The summed E-state index contributed by atoms with van der Waals surface area (Å²) in [7, 11) is 0. The largest absolute Gasteiger partial charge is 0.393 e. The fraction of sp³-hybridized carbons (Fsp3) is 0.889. The van der Waals surface area contributed by atoms with Gasteiger partial charge in [0, 0.05) is 26.1 Å². The minimum atomic E-state index is -0.303. The van der Waals surface area contributed by atoms with E-state index in [1.54, 1.807) is 0 Å². The van der Waals surface area contributed by atoms with Crippen LogP contribution in [0.3, 0.4) is 0 Å². The van der Waals surface area contributed by atoms with Crippen molar-refractivity contribution in [2.45, 2.75) is 71.4 Å². The van der Waals surface area contributed by atoms with Crippen molar-refractivity contribution < 1.29 is 14.7 Å². The van der Waals surface area contributed by atoms with E-state index in [2.05, 4.69) is 13.8 Å². The van der Waals surface area contributed by atoms with Crippen molar-refractivity contribution in [3.05, 3.63) is 0 Å². The van der Waals surface area contributed by atoms with Gasteiger partial charge in [0.2, 0.25) is 11.8 Å². The lowest BCUT2D eigenvalue weighted by atomic mass is 9.91. The van der Waals surface area contributed by atoms with Gasteiger partial charge in [-0.05, 0) is 50.9 Å². The molecular weight excluding hydrogens is 292 g/mol. The fourth-order valence-corrected chi connectivity index (χ4v) is 3.78. The second kappa shape index (κ2) is 8.13. The molecule has 0 aromatic carbocycles. The van der Waals surface area contributed by atoms with Gasteiger partial charge in [-0.15, -0.1) is 0 Å². The minimum absolute atomic E-state index is 0.109. The molecule has 2 rings (SSSR count). The van der Waals surface area contributed by atoms with Gasteiger partial charge < -0.3 is 14.9 Å². The summed E-state index contributed by atoms with van der Waals surface area (Å²) >= 11 is 0. The summed E-state index contributed by atoms with van der Waals surface area (Å²) in [5.41, 5.74) is 0. The molecule has 2 fully saturated rings. The molecule has 1 N–H and O–H groups in total. The van der Waals surface area contributed by atoms with Gasteiger partial charge in [-0.1, -0.05) is 13.8 Å². The van der Waals surface area contributed by atoms with Crippen LogP contribution >= 0.6 is 0 Å². The number of carbonyl (C=O) groups is 2. The molecule has 0 spiro atoms. The molecule has 2 saturated heterocycles. The van der Waals surface area contributed by atoms with Gasteiger partial charge in [-0.3, -0.25) is 9.59 Å². The molecular formula is C18H32N2O3. The predicted molar refractivity (Wildman–Crippen MR) is 89.8 cm³/mol. The molecule has 2 aliphatic heterocycles. The molecule has 0 saturated carbocycles. The van der Waals surface area contributed by atoms with Gasteiger partial charge in [0.15, 0.2) is 0 Å². The lowest BCUT2D eigenvalue weighted by Gasteiger charge is -2.40. The first kappa shape index (κ1) is 18.2. The van der Waals surface area contributed by atoms with E-state index in [9.17, 15) is 14.7 Å². The molecule has 0 aromatic rings. The van der Waals surface area contributed by atoms with Crippen LogP contribution in [0, 0.1) is 11.8 Å². The van der Waals surface area contributed by atoms with Crippen LogP contribution in [-0.2, 0) is 9.59 Å². The Labute approximate surface area is 140 Å². The molecule has 2 aliphatic rings. The standard InChI is InChI=1S/C18H32N2O3/c1-13(2)12-16(20-9-5-4-6-17(20)22)18(23)19-10-7-15(8-11-19)14(3)21/h13-16,21H,4-12H2,1-3H3/t14-,16-/m1/s1. The molecule has 5 heteroatoms. The second-order valence-corrected chi connectivity index (χ2v) is 7.59. The van der Waals surface area contributed by atoms with Gasteiger partial charge >= 0.3 is 0 Å². The van der Waals surface area contributed by atoms with Crippen LogP contribution in [0.2, 0.25) is 0 Å². The number of nitrogens with zero attached hydrogens (tertiary/aromatic N) is 2. The summed E-state index contributed by atoms with van der Waals surface area (Å²) in [6, 6.07) is -0.300. The van der Waals surface area contributed by atoms with E-state index in [1.165, 1.54) is 0 Å². The number of aliphatic hydroxyl groups excluding tert-OH is 1. The van der Waals surface area contributed by atoms with Crippen molar-refractivity contribution in [1.82, 2.24) is 9.80 Å². The van der Waals surface area contributed by atoms with Crippen molar-refractivity contribution in [2.24, 2.45) is 11.8 Å². The zero-order valence-electron chi connectivity index (χ0n) is 14.8. The van der Waals surface area contributed by atoms with Crippen LogP contribution in [0.4, 0.5) is 0 Å². The average molecular weight is 324 g/mol. The van der Waals surface area contributed by atoms with Gasteiger partial charge in [0.25, 0.3) is 0 Å². The lowest BCUT2D eigenvalue weighted by Crippen LogP contribution is -2.54. The van der Waals surface area contributed by atoms with E-state index in [0.29, 0.717) is 37.9 Å². The number of rotatable bonds is 5. The van der Waals surface area contributed by atoms with Gasteiger partial charge in [-0.25, -0.2) is 0 Å². The zero-order chi connectivity index (χ0) is 17.0. The minimum Gasteiger partial charge on any atom is -0.393 e. The van der Waals surface area contributed by atoms with E-state index in [-0.39, 0.29) is 24.0 Å². The van der Waals surface area contributed by atoms with E-state index in [0.717, 1.165) is 32.1 Å². The fourth-order valence-electron chi connectivity index (χ4n) is 3.78. The third kappa shape index (κ3) is 4.69. The Bertz CT molecular complexity index is 414. The number of hydrogen-bond donors (Lipinski definition) is 1. The average Bonchev–Trinajstić information content (AvgIpc) is 2.52. The first-order chi connectivity index (χ1) is 10.9. The topological polar surface area (TPSA) is 60.9 Å². The number of aliphatic hydroxyl groups is 1. The molecule has 2 heterocycles. The lowest BCUT2D eigenvalue weighted by molar-refractivity contribution is -0.149. The second-order valence-electron chi connectivity index (χ2n) is 7.59. The number of amides is 2. The van der Waals surface area contributed by atoms with E-state index in [4.69, 9.17) is 0 Å². The van der Waals surface area contributed by atoms with Crippen LogP contribution < -0.4 is 0 Å². The molecule has 5 nitrogen and oxygen atoms in total. The van der Waals surface area contributed by atoms with Crippen molar-refractivity contribution in [1.29, 1.82) is 0 Å². The van der Waals surface area contributed by atoms with Crippen LogP contribution in [0.5, 0.6) is 0 Å². The van der Waals surface area contributed by atoms with E-state index < -0.39 is 0 Å². The summed E-state index contributed by atoms with van der Waals surface area (Å²) in [6.07, 6.45) is 4.65. The molecule has 0 bridgehead atoms. The summed E-state index contributed by atoms with van der Waals surface area (Å²) in [5, 5.41) is 9.71. The highest BCUT2D eigenvalue weighted by atomic mass is 16.3. The highest BCUT2D eigenvalue weighted by Crippen LogP contribution is 2.25. The normalized spacial score (nSPS) is 23.3. The quantitative estimate of drug-likeness (QED) is 0.842. The smallest absolute Gasteiger partial charge is 0.245 e. The third-order valence-electron chi connectivity index (χ3n) is 5.25. The molecule has 2 atom stereocenters. The summed E-state index contributed by atoms with van der Waals surface area (Å²) in [6.45, 7) is 8.15. The molecule has 0 radical (unpaired) electrons. The Morgan fingerprint density at radius 2 is 1.83 bits per heavy atom. The highest BCUT2D eigenvalue weighted by Gasteiger charge is 2.36. The Balaban J connectivity index is 2.03. The summed E-state index contributed by atoms with van der Waals surface area (Å²) in [4.78, 5) is 29.0. The highest BCUT2D eigenvalue weighted by molar-refractivity contribution is 5.88. The number of hydrogen-bond acceptors (Lipinski definition) is 3. The van der Waals surface area contributed by atoms with E-state index in [1.807, 2.05) is 16.7 Å². The van der Waals surface area contributed by atoms with E-state index >= 15 is 0 Å². The van der Waals surface area contributed by atoms with Gasteiger partial charge in [-0.2, -0.15) is 0 Å². The Morgan fingerprint density at radius 3 is 2.35 bits per heavy atom. The van der Waals surface area contributed by atoms with Crippen LogP contribution in [0.1, 0.15) is 59.3 Å². The first-order valence-electron chi connectivity index (χ1n) is 9.16. The Hall–Kier alpha value is -1.10. The maximum absolute atomic E-state index is 13.0. The summed E-state index contributed by atoms with van der Waals surface area (Å²) in [5.74, 6) is 0.917. The number of likely N-dealkylation sites (tertiary alicyclic amines) is 2. The molecule has 0 unspecified atom stereocenters. The van der Waals surface area contributed by atoms with Gasteiger partial charge in [0.1, 0.15) is 6.04 Å².